The normalized spacial score (nSPS) is 10.7. The summed E-state index contributed by atoms with van der Waals surface area (Å²) in [5, 5.41) is 0. The molecule has 0 atom stereocenters. The van der Waals surface area contributed by atoms with Crippen LogP contribution in [0, 0.1) is 0 Å². The van der Waals surface area contributed by atoms with Crippen molar-refractivity contribution >= 4 is 6.29 Å². The first-order valence-corrected chi connectivity index (χ1v) is 4.51. The van der Waals surface area contributed by atoms with Crippen LogP contribution in [0.2, 0.25) is 0 Å². The molecule has 78 valence electrons. The van der Waals surface area contributed by atoms with Crippen LogP contribution in [0.3, 0.4) is 0 Å². The van der Waals surface area contributed by atoms with Crippen LogP contribution in [-0.2, 0) is 14.3 Å². The number of ether oxygens (including phenoxy) is 2. The fourth-order valence-electron chi connectivity index (χ4n) is 0.701. The lowest BCUT2D eigenvalue weighted by Gasteiger charge is -2.09. The fourth-order valence-corrected chi connectivity index (χ4v) is 0.701. The van der Waals surface area contributed by atoms with Gasteiger partial charge >= 0.3 is 0 Å². The molecule has 0 rings (SSSR count). The zero-order valence-corrected chi connectivity index (χ0v) is 8.49. The molecular formula is C9H19NO3. The van der Waals surface area contributed by atoms with Gasteiger partial charge in [-0.15, -0.1) is 0 Å². The zero-order chi connectivity index (χ0) is 9.94. The van der Waals surface area contributed by atoms with E-state index in [0.29, 0.717) is 26.2 Å². The largest absolute Gasteiger partial charge is 0.379 e. The molecule has 4 heteroatoms. The molecule has 0 unspecified atom stereocenters. The van der Waals surface area contributed by atoms with Gasteiger partial charge in [-0.25, -0.2) is 0 Å². The molecule has 4 nitrogen and oxygen atoms in total. The van der Waals surface area contributed by atoms with Crippen molar-refractivity contribution in [2.24, 2.45) is 0 Å². The van der Waals surface area contributed by atoms with E-state index in [2.05, 4.69) is 4.90 Å². The summed E-state index contributed by atoms with van der Waals surface area (Å²) in [4.78, 5) is 12.0. The number of aldehydes is 1. The van der Waals surface area contributed by atoms with Crippen molar-refractivity contribution in [3.05, 3.63) is 0 Å². The highest BCUT2D eigenvalue weighted by atomic mass is 16.5. The lowest BCUT2D eigenvalue weighted by atomic mass is 10.5. The van der Waals surface area contributed by atoms with E-state index in [1.54, 1.807) is 0 Å². The van der Waals surface area contributed by atoms with Crippen molar-refractivity contribution in [2.45, 2.75) is 6.42 Å². The quantitative estimate of drug-likeness (QED) is 0.383. The molecule has 0 bridgehead atoms. The van der Waals surface area contributed by atoms with E-state index in [-0.39, 0.29) is 0 Å². The number of hydrogen-bond donors (Lipinski definition) is 0. The summed E-state index contributed by atoms with van der Waals surface area (Å²) in [6.07, 6.45) is 1.32. The van der Waals surface area contributed by atoms with Crippen molar-refractivity contribution in [3.63, 3.8) is 0 Å². The van der Waals surface area contributed by atoms with Crippen LogP contribution in [0.5, 0.6) is 0 Å². The van der Waals surface area contributed by atoms with Gasteiger partial charge in [-0.2, -0.15) is 0 Å². The maximum Gasteiger partial charge on any atom is 0.122 e. The predicted molar refractivity (Wildman–Crippen MR) is 50.9 cm³/mol. The van der Waals surface area contributed by atoms with E-state index in [4.69, 9.17) is 9.47 Å². The molecular weight excluding hydrogens is 170 g/mol. The lowest BCUT2D eigenvalue weighted by Crippen LogP contribution is -2.19. The van der Waals surface area contributed by atoms with E-state index < -0.39 is 0 Å². The SMILES string of the molecule is CN(C)CCOCCOCCC=O. The highest BCUT2D eigenvalue weighted by Gasteiger charge is 1.91. The van der Waals surface area contributed by atoms with Gasteiger partial charge in [-0.3, -0.25) is 0 Å². The minimum Gasteiger partial charge on any atom is -0.379 e. The number of rotatable bonds is 9. The molecule has 0 aromatic carbocycles. The standard InChI is InChI=1S/C9H19NO3/c1-10(2)4-7-13-9-8-12-6-3-5-11/h5H,3-4,6-9H2,1-2H3. The van der Waals surface area contributed by atoms with Crippen LogP contribution in [0.15, 0.2) is 0 Å². The molecule has 0 N–H and O–H groups in total. The Morgan fingerprint density at radius 3 is 2.23 bits per heavy atom. The lowest BCUT2D eigenvalue weighted by molar-refractivity contribution is -0.108. The first-order chi connectivity index (χ1) is 6.27. The third-order valence-corrected chi connectivity index (χ3v) is 1.43. The second-order valence-electron chi connectivity index (χ2n) is 2.98. The highest BCUT2D eigenvalue weighted by Crippen LogP contribution is 1.82. The van der Waals surface area contributed by atoms with Crippen molar-refractivity contribution < 1.29 is 14.3 Å². The molecule has 0 heterocycles. The molecule has 0 saturated carbocycles. The molecule has 0 spiro atoms. The Morgan fingerprint density at radius 1 is 1.08 bits per heavy atom. The predicted octanol–water partition coefficient (Wildman–Crippen LogP) is 0.170. The van der Waals surface area contributed by atoms with E-state index in [0.717, 1.165) is 19.4 Å². The van der Waals surface area contributed by atoms with Crippen LogP contribution in [0.25, 0.3) is 0 Å². The zero-order valence-electron chi connectivity index (χ0n) is 8.49. The molecule has 0 saturated heterocycles. The Kier molecular flexibility index (Phi) is 9.30. The second-order valence-corrected chi connectivity index (χ2v) is 2.98. The first kappa shape index (κ1) is 12.6. The smallest absolute Gasteiger partial charge is 0.122 e. The summed E-state index contributed by atoms with van der Waals surface area (Å²) >= 11 is 0. The highest BCUT2D eigenvalue weighted by molar-refractivity contribution is 5.49. The van der Waals surface area contributed by atoms with Gasteiger partial charge in [0.1, 0.15) is 6.29 Å². The summed E-state index contributed by atoms with van der Waals surface area (Å²) in [5.41, 5.74) is 0. The van der Waals surface area contributed by atoms with Gasteiger partial charge in [0, 0.05) is 13.0 Å². The summed E-state index contributed by atoms with van der Waals surface area (Å²) in [5.74, 6) is 0. The average molecular weight is 189 g/mol. The minimum atomic E-state index is 0.470. The average Bonchev–Trinajstić information content (AvgIpc) is 2.09. The Morgan fingerprint density at radius 2 is 1.69 bits per heavy atom. The number of nitrogens with zero attached hydrogens (tertiary/aromatic N) is 1. The van der Waals surface area contributed by atoms with Crippen molar-refractivity contribution in [1.82, 2.24) is 4.90 Å². The first-order valence-electron chi connectivity index (χ1n) is 4.51. The topological polar surface area (TPSA) is 38.8 Å². The molecule has 0 radical (unpaired) electrons. The summed E-state index contributed by atoms with van der Waals surface area (Å²) in [7, 11) is 4.01. The van der Waals surface area contributed by atoms with Gasteiger partial charge < -0.3 is 19.2 Å². The molecule has 0 aliphatic rings. The Balaban J connectivity index is 2.87. The van der Waals surface area contributed by atoms with E-state index in [1.807, 2.05) is 14.1 Å². The molecule has 13 heavy (non-hydrogen) atoms. The van der Waals surface area contributed by atoms with Gasteiger partial charge in [-0.1, -0.05) is 0 Å². The minimum absolute atomic E-state index is 0.470. The van der Waals surface area contributed by atoms with Gasteiger partial charge in [-0.05, 0) is 14.1 Å². The summed E-state index contributed by atoms with van der Waals surface area (Å²) in [6.45, 7) is 3.33. The Bertz CT molecular complexity index is 117. The third kappa shape index (κ3) is 11.5. The maximum absolute atomic E-state index is 9.90. The van der Waals surface area contributed by atoms with Gasteiger partial charge in [0.2, 0.25) is 0 Å². The summed E-state index contributed by atoms with van der Waals surface area (Å²) < 4.78 is 10.4. The third-order valence-electron chi connectivity index (χ3n) is 1.43. The fraction of sp³-hybridized carbons (Fsp3) is 0.889. The monoisotopic (exact) mass is 189 g/mol. The van der Waals surface area contributed by atoms with E-state index in [9.17, 15) is 4.79 Å². The molecule has 0 aromatic rings. The Labute approximate surface area is 79.8 Å². The van der Waals surface area contributed by atoms with Crippen LogP contribution in [-0.4, -0.2) is 58.3 Å². The molecule has 0 aromatic heterocycles. The molecule has 0 fully saturated rings. The Hall–Kier alpha value is -0.450. The van der Waals surface area contributed by atoms with E-state index >= 15 is 0 Å². The van der Waals surface area contributed by atoms with Gasteiger partial charge in [0.05, 0.1) is 26.4 Å². The van der Waals surface area contributed by atoms with Crippen LogP contribution < -0.4 is 0 Å². The van der Waals surface area contributed by atoms with Gasteiger partial charge in [0.15, 0.2) is 0 Å². The number of carbonyl (C=O) groups is 1. The number of hydrogen-bond acceptors (Lipinski definition) is 4. The summed E-state index contributed by atoms with van der Waals surface area (Å²) in [6, 6.07) is 0. The molecule has 0 aliphatic carbocycles. The second kappa shape index (κ2) is 9.64. The van der Waals surface area contributed by atoms with Crippen molar-refractivity contribution in [1.29, 1.82) is 0 Å². The number of carbonyl (C=O) groups excluding carboxylic acids is 1. The number of likely N-dealkylation sites (N-methyl/N-ethyl adjacent to an activating group) is 1. The van der Waals surface area contributed by atoms with Crippen LogP contribution in [0.1, 0.15) is 6.42 Å². The van der Waals surface area contributed by atoms with E-state index in [1.165, 1.54) is 0 Å². The van der Waals surface area contributed by atoms with Gasteiger partial charge in [0.25, 0.3) is 0 Å². The molecule has 0 aliphatic heterocycles. The maximum atomic E-state index is 9.90. The molecule has 0 amide bonds. The van der Waals surface area contributed by atoms with Crippen LogP contribution in [0.4, 0.5) is 0 Å². The van der Waals surface area contributed by atoms with Crippen molar-refractivity contribution in [2.75, 3.05) is 47.1 Å². The van der Waals surface area contributed by atoms with Crippen molar-refractivity contribution in [3.8, 4) is 0 Å². The van der Waals surface area contributed by atoms with Crippen LogP contribution >= 0.6 is 0 Å².